The third kappa shape index (κ3) is 6.00. The Morgan fingerprint density at radius 1 is 0.781 bits per heavy atom. The van der Waals surface area contributed by atoms with E-state index in [-0.39, 0.29) is 0 Å². The quantitative estimate of drug-likeness (QED) is 0.317. The van der Waals surface area contributed by atoms with Crippen molar-refractivity contribution in [2.75, 3.05) is 0 Å². The van der Waals surface area contributed by atoms with E-state index in [2.05, 4.69) is 105 Å². The molecule has 0 radical (unpaired) electrons. The van der Waals surface area contributed by atoms with E-state index in [9.17, 15) is 0 Å². The third-order valence-corrected chi connectivity index (χ3v) is 7.41. The van der Waals surface area contributed by atoms with Crippen LogP contribution < -0.4 is 0 Å². The summed E-state index contributed by atoms with van der Waals surface area (Å²) in [6.07, 6.45) is 13.4. The van der Waals surface area contributed by atoms with E-state index in [1.807, 2.05) is 0 Å². The zero-order valence-corrected chi connectivity index (χ0v) is 19.8. The maximum Gasteiger partial charge on any atom is -0.0162 e. The van der Waals surface area contributed by atoms with Crippen LogP contribution in [-0.4, -0.2) is 0 Å². The van der Waals surface area contributed by atoms with Gasteiger partial charge in [0.05, 0.1) is 0 Å². The second-order valence-corrected chi connectivity index (χ2v) is 9.69. The molecule has 1 aliphatic rings. The van der Waals surface area contributed by atoms with E-state index < -0.39 is 0 Å². The molecule has 0 unspecified atom stereocenters. The zero-order chi connectivity index (χ0) is 22.2. The second-order valence-electron chi connectivity index (χ2n) is 9.69. The fraction of sp³-hybridized carbons (Fsp3) is 0.375. The number of aryl methyl sites for hydroxylation is 1. The maximum atomic E-state index is 2.40. The third-order valence-electron chi connectivity index (χ3n) is 7.41. The van der Waals surface area contributed by atoms with Gasteiger partial charge in [-0.2, -0.15) is 0 Å². The van der Waals surface area contributed by atoms with Crippen molar-refractivity contribution in [3.8, 4) is 11.1 Å². The Bertz CT molecular complexity index is 955. The van der Waals surface area contributed by atoms with Crippen LogP contribution in [0.4, 0.5) is 0 Å². The fourth-order valence-corrected chi connectivity index (χ4v) is 5.38. The molecule has 0 spiro atoms. The Hall–Kier alpha value is -2.60. The Kier molecular flexibility index (Phi) is 7.99. The van der Waals surface area contributed by atoms with E-state index in [0.29, 0.717) is 5.92 Å². The van der Waals surface area contributed by atoms with Gasteiger partial charge < -0.3 is 0 Å². The number of hydrogen-bond acceptors (Lipinski definition) is 0. The van der Waals surface area contributed by atoms with Crippen molar-refractivity contribution in [3.63, 3.8) is 0 Å². The van der Waals surface area contributed by atoms with Gasteiger partial charge >= 0.3 is 0 Å². The Labute approximate surface area is 195 Å². The van der Waals surface area contributed by atoms with Gasteiger partial charge in [0, 0.05) is 0 Å². The van der Waals surface area contributed by atoms with E-state index in [1.54, 1.807) is 0 Å². The summed E-state index contributed by atoms with van der Waals surface area (Å²) in [6, 6.07) is 29.6. The van der Waals surface area contributed by atoms with E-state index >= 15 is 0 Å². The second kappa shape index (κ2) is 11.3. The molecule has 1 atom stereocenters. The van der Waals surface area contributed by atoms with Crippen LogP contribution >= 0.6 is 0 Å². The van der Waals surface area contributed by atoms with Gasteiger partial charge in [0.15, 0.2) is 0 Å². The molecule has 3 aromatic carbocycles. The molecule has 3 aromatic rings. The first kappa shape index (κ1) is 22.6. The molecule has 1 fully saturated rings. The van der Waals surface area contributed by atoms with Crippen molar-refractivity contribution in [1.82, 2.24) is 0 Å². The molecule has 32 heavy (non-hydrogen) atoms. The highest BCUT2D eigenvalue weighted by atomic mass is 14.3. The summed E-state index contributed by atoms with van der Waals surface area (Å²) in [4.78, 5) is 0. The summed E-state index contributed by atoms with van der Waals surface area (Å²) in [6.45, 7) is 4.49. The molecule has 166 valence electrons. The summed E-state index contributed by atoms with van der Waals surface area (Å²) in [5.41, 5.74) is 7.10. The van der Waals surface area contributed by atoms with Crippen LogP contribution in [0.2, 0.25) is 0 Å². The van der Waals surface area contributed by atoms with Crippen molar-refractivity contribution < 1.29 is 0 Å². The van der Waals surface area contributed by atoms with Crippen LogP contribution in [0.3, 0.4) is 0 Å². The van der Waals surface area contributed by atoms with Crippen LogP contribution in [0.1, 0.15) is 80.9 Å². The van der Waals surface area contributed by atoms with Gasteiger partial charge in [-0.05, 0) is 97.4 Å². The highest BCUT2D eigenvalue weighted by Crippen LogP contribution is 2.40. The molecule has 0 nitrogen and oxygen atoms in total. The average molecular weight is 423 g/mol. The van der Waals surface area contributed by atoms with Crippen LogP contribution in [0.5, 0.6) is 0 Å². The molecule has 0 saturated heterocycles. The van der Waals surface area contributed by atoms with Gasteiger partial charge in [0.25, 0.3) is 0 Å². The normalized spacial score (nSPS) is 19.8. The SMILES string of the molecule is CC=CCCc1ccc(-c2ccc(C3CCC(C[C@H](C)c4ccccc4)CC3)cc2)cc1. The zero-order valence-electron chi connectivity index (χ0n) is 19.8. The standard InChI is InChI=1S/C32H38/c1-3-4-6-9-26-12-16-29(17-13-26)31-20-22-32(23-21-31)30-18-14-27(15-19-30)24-25(2)28-10-7-5-8-11-28/h3-5,7-8,10-13,16-17,20-23,25,27,30H,6,9,14-15,18-19,24H2,1-2H3/t25-,27?,30?/m0/s1. The van der Waals surface area contributed by atoms with Crippen molar-refractivity contribution in [3.05, 3.63) is 108 Å². The predicted octanol–water partition coefficient (Wildman–Crippen LogP) is 9.33. The average Bonchev–Trinajstić information content (AvgIpc) is 2.86. The molecular formula is C32H38. The van der Waals surface area contributed by atoms with Crippen LogP contribution in [0, 0.1) is 5.92 Å². The molecule has 0 aliphatic heterocycles. The lowest BCUT2D eigenvalue weighted by atomic mass is 9.75. The van der Waals surface area contributed by atoms with Crippen molar-refractivity contribution in [2.45, 2.75) is 70.6 Å². The molecule has 0 bridgehead atoms. The minimum absolute atomic E-state index is 0.673. The smallest absolute Gasteiger partial charge is 0.0162 e. The maximum absolute atomic E-state index is 2.40. The lowest BCUT2D eigenvalue weighted by molar-refractivity contribution is 0.297. The molecule has 0 aromatic heterocycles. The van der Waals surface area contributed by atoms with Crippen LogP contribution in [0.25, 0.3) is 11.1 Å². The summed E-state index contributed by atoms with van der Waals surface area (Å²) in [5.74, 6) is 2.29. The van der Waals surface area contributed by atoms with Crippen LogP contribution in [0.15, 0.2) is 91.0 Å². The van der Waals surface area contributed by atoms with Gasteiger partial charge in [-0.3, -0.25) is 0 Å². The van der Waals surface area contributed by atoms with Crippen molar-refractivity contribution in [1.29, 1.82) is 0 Å². The van der Waals surface area contributed by atoms with Gasteiger partial charge in [-0.1, -0.05) is 97.9 Å². The number of hydrogen-bond donors (Lipinski definition) is 0. The van der Waals surface area contributed by atoms with E-state index in [1.165, 1.54) is 59.9 Å². The molecule has 0 N–H and O–H groups in total. The minimum atomic E-state index is 0.673. The summed E-state index contributed by atoms with van der Waals surface area (Å²) >= 11 is 0. The van der Waals surface area contributed by atoms with Gasteiger partial charge in [-0.25, -0.2) is 0 Å². The molecule has 1 aliphatic carbocycles. The summed E-state index contributed by atoms with van der Waals surface area (Å²) < 4.78 is 0. The Balaban J connectivity index is 1.29. The van der Waals surface area contributed by atoms with Crippen molar-refractivity contribution in [2.24, 2.45) is 5.92 Å². The van der Waals surface area contributed by atoms with Crippen LogP contribution in [-0.2, 0) is 6.42 Å². The van der Waals surface area contributed by atoms with Gasteiger partial charge in [0.1, 0.15) is 0 Å². The van der Waals surface area contributed by atoms with Gasteiger partial charge in [-0.15, -0.1) is 0 Å². The molecule has 0 amide bonds. The lowest BCUT2D eigenvalue weighted by Gasteiger charge is -2.30. The summed E-state index contributed by atoms with van der Waals surface area (Å²) in [5, 5.41) is 0. The molecular weight excluding hydrogens is 384 g/mol. The van der Waals surface area contributed by atoms with Gasteiger partial charge in [0.2, 0.25) is 0 Å². The molecule has 1 saturated carbocycles. The number of rotatable bonds is 8. The minimum Gasteiger partial charge on any atom is -0.0917 e. The molecule has 0 heteroatoms. The topological polar surface area (TPSA) is 0 Å². The largest absolute Gasteiger partial charge is 0.0917 e. The monoisotopic (exact) mass is 422 g/mol. The number of allylic oxidation sites excluding steroid dienone is 2. The Morgan fingerprint density at radius 2 is 1.41 bits per heavy atom. The fourth-order valence-electron chi connectivity index (χ4n) is 5.38. The predicted molar refractivity (Wildman–Crippen MR) is 139 cm³/mol. The first-order valence-corrected chi connectivity index (χ1v) is 12.6. The molecule has 0 heterocycles. The van der Waals surface area contributed by atoms with E-state index in [4.69, 9.17) is 0 Å². The number of benzene rings is 3. The molecule has 4 rings (SSSR count). The summed E-state index contributed by atoms with van der Waals surface area (Å²) in [7, 11) is 0. The lowest BCUT2D eigenvalue weighted by Crippen LogP contribution is -2.15. The highest BCUT2D eigenvalue weighted by Gasteiger charge is 2.24. The first-order chi connectivity index (χ1) is 15.7. The Morgan fingerprint density at radius 3 is 2.03 bits per heavy atom. The van der Waals surface area contributed by atoms with E-state index in [0.717, 1.165) is 24.7 Å². The first-order valence-electron chi connectivity index (χ1n) is 12.6. The van der Waals surface area contributed by atoms with Crippen molar-refractivity contribution >= 4 is 0 Å². The highest BCUT2D eigenvalue weighted by molar-refractivity contribution is 5.64.